The Morgan fingerprint density at radius 2 is 2.33 bits per heavy atom. The van der Waals surface area contributed by atoms with Gasteiger partial charge in [-0.3, -0.25) is 4.84 Å². The third-order valence-corrected chi connectivity index (χ3v) is 1.39. The lowest BCUT2D eigenvalue weighted by atomic mass is 10.1. The molecule has 3 N–H and O–H groups in total. The number of carboxylic acids is 1. The van der Waals surface area contributed by atoms with Gasteiger partial charge in [-0.1, -0.05) is 6.92 Å². The molecule has 0 aliphatic heterocycles. The summed E-state index contributed by atoms with van der Waals surface area (Å²) >= 11 is 0. The van der Waals surface area contributed by atoms with Crippen LogP contribution in [0.4, 0.5) is 0 Å². The molecule has 0 fully saturated rings. The van der Waals surface area contributed by atoms with Gasteiger partial charge < -0.3 is 5.11 Å². The van der Waals surface area contributed by atoms with E-state index in [1.165, 1.54) is 6.92 Å². The SMILES string of the molecule is CCC(C)(ON)C(=O)O. The van der Waals surface area contributed by atoms with Crippen molar-refractivity contribution in [2.75, 3.05) is 0 Å². The van der Waals surface area contributed by atoms with Gasteiger partial charge in [0.2, 0.25) is 0 Å². The lowest BCUT2D eigenvalue weighted by molar-refractivity contribution is -0.164. The lowest BCUT2D eigenvalue weighted by Gasteiger charge is -2.18. The predicted octanol–water partition coefficient (Wildman–Crippen LogP) is 0.130. The first-order valence-corrected chi connectivity index (χ1v) is 2.68. The molecule has 0 rings (SSSR count). The zero-order valence-electron chi connectivity index (χ0n) is 5.55. The van der Waals surface area contributed by atoms with Crippen LogP contribution >= 0.6 is 0 Å². The van der Waals surface area contributed by atoms with Crippen LogP contribution in [0.1, 0.15) is 20.3 Å². The predicted molar refractivity (Wildman–Crippen MR) is 31.6 cm³/mol. The second-order valence-corrected chi connectivity index (χ2v) is 2.01. The summed E-state index contributed by atoms with van der Waals surface area (Å²) in [6.45, 7) is 3.12. The minimum Gasteiger partial charge on any atom is -0.479 e. The first-order valence-electron chi connectivity index (χ1n) is 2.68. The van der Waals surface area contributed by atoms with Crippen LogP contribution < -0.4 is 5.90 Å². The van der Waals surface area contributed by atoms with Crippen LogP contribution in [0.5, 0.6) is 0 Å². The summed E-state index contributed by atoms with van der Waals surface area (Å²) in [4.78, 5) is 14.5. The maximum atomic E-state index is 10.3. The molecule has 4 nitrogen and oxygen atoms in total. The van der Waals surface area contributed by atoms with Crippen molar-refractivity contribution in [1.82, 2.24) is 0 Å². The van der Waals surface area contributed by atoms with Gasteiger partial charge in [-0.15, -0.1) is 0 Å². The second-order valence-electron chi connectivity index (χ2n) is 2.01. The van der Waals surface area contributed by atoms with E-state index in [4.69, 9.17) is 11.0 Å². The highest BCUT2D eigenvalue weighted by Gasteiger charge is 2.31. The Balaban J connectivity index is 4.09. The summed E-state index contributed by atoms with van der Waals surface area (Å²) in [6.07, 6.45) is 0.360. The highest BCUT2D eigenvalue weighted by molar-refractivity contribution is 5.76. The molecule has 0 aromatic rings. The molecule has 0 amide bonds. The standard InChI is InChI=1S/C5H11NO3/c1-3-5(2,9-6)4(7)8/h3,6H2,1-2H3,(H,7,8). The van der Waals surface area contributed by atoms with E-state index >= 15 is 0 Å². The molecule has 0 aliphatic carbocycles. The fourth-order valence-corrected chi connectivity index (χ4v) is 0.285. The molecule has 0 heterocycles. The van der Waals surface area contributed by atoms with Crippen molar-refractivity contribution in [3.63, 3.8) is 0 Å². The molecule has 0 saturated carbocycles. The molecular formula is C5H11NO3. The summed E-state index contributed by atoms with van der Waals surface area (Å²) in [5.74, 6) is 3.70. The van der Waals surface area contributed by atoms with Crippen LogP contribution in [0, 0.1) is 0 Å². The number of carbonyl (C=O) groups is 1. The Bertz CT molecular complexity index is 109. The molecule has 4 heteroatoms. The molecule has 0 aromatic heterocycles. The molecule has 0 spiro atoms. The van der Waals surface area contributed by atoms with Gasteiger partial charge in [-0.25, -0.2) is 10.7 Å². The summed E-state index contributed by atoms with van der Waals surface area (Å²) in [5.41, 5.74) is -1.22. The number of nitrogens with two attached hydrogens (primary N) is 1. The van der Waals surface area contributed by atoms with Crippen molar-refractivity contribution >= 4 is 5.97 Å². The minimum absolute atomic E-state index is 0.360. The van der Waals surface area contributed by atoms with E-state index in [-0.39, 0.29) is 0 Å². The molecule has 1 atom stereocenters. The summed E-state index contributed by atoms with van der Waals surface area (Å²) < 4.78 is 0. The minimum atomic E-state index is -1.22. The second kappa shape index (κ2) is 2.80. The Kier molecular flexibility index (Phi) is 2.61. The molecule has 0 saturated heterocycles. The monoisotopic (exact) mass is 133 g/mol. The Labute approximate surface area is 53.6 Å². The van der Waals surface area contributed by atoms with Crippen LogP contribution in [0.25, 0.3) is 0 Å². The van der Waals surface area contributed by atoms with Gasteiger partial charge in [-0.05, 0) is 13.3 Å². The van der Waals surface area contributed by atoms with Gasteiger partial charge in [0.05, 0.1) is 0 Å². The molecule has 0 aliphatic rings. The maximum Gasteiger partial charge on any atom is 0.337 e. The van der Waals surface area contributed by atoms with Crippen molar-refractivity contribution in [1.29, 1.82) is 0 Å². The quantitative estimate of drug-likeness (QED) is 0.537. The first-order chi connectivity index (χ1) is 4.06. The first kappa shape index (κ1) is 8.39. The number of hydrogen-bond donors (Lipinski definition) is 2. The van der Waals surface area contributed by atoms with E-state index in [1.807, 2.05) is 0 Å². The van der Waals surface area contributed by atoms with Gasteiger partial charge in [0.25, 0.3) is 0 Å². The topological polar surface area (TPSA) is 72.5 Å². The van der Waals surface area contributed by atoms with Crippen LogP contribution in [-0.4, -0.2) is 16.7 Å². The molecule has 1 unspecified atom stereocenters. The smallest absolute Gasteiger partial charge is 0.337 e. The molecule has 0 aromatic carbocycles. The molecular weight excluding hydrogens is 122 g/mol. The third-order valence-electron chi connectivity index (χ3n) is 1.39. The van der Waals surface area contributed by atoms with Crippen molar-refractivity contribution in [3.05, 3.63) is 0 Å². The fraction of sp³-hybridized carbons (Fsp3) is 0.800. The maximum absolute atomic E-state index is 10.3. The zero-order valence-corrected chi connectivity index (χ0v) is 5.55. The van der Waals surface area contributed by atoms with Gasteiger partial charge in [-0.2, -0.15) is 0 Å². The van der Waals surface area contributed by atoms with E-state index in [1.54, 1.807) is 6.92 Å². The van der Waals surface area contributed by atoms with E-state index in [2.05, 4.69) is 4.84 Å². The van der Waals surface area contributed by atoms with Crippen LogP contribution in [0.15, 0.2) is 0 Å². The van der Waals surface area contributed by atoms with Gasteiger partial charge in [0.1, 0.15) is 0 Å². The number of rotatable bonds is 3. The van der Waals surface area contributed by atoms with Crippen molar-refractivity contribution in [2.45, 2.75) is 25.9 Å². The van der Waals surface area contributed by atoms with Crippen LogP contribution in [-0.2, 0) is 9.63 Å². The normalized spacial score (nSPS) is 16.8. The van der Waals surface area contributed by atoms with E-state index in [9.17, 15) is 4.79 Å². The number of aliphatic carboxylic acids is 1. The highest BCUT2D eigenvalue weighted by atomic mass is 16.6. The van der Waals surface area contributed by atoms with Crippen LogP contribution in [0.3, 0.4) is 0 Å². The molecule has 0 radical (unpaired) electrons. The summed E-state index contributed by atoms with van der Waals surface area (Å²) in [7, 11) is 0. The Morgan fingerprint density at radius 1 is 1.89 bits per heavy atom. The third kappa shape index (κ3) is 1.65. The van der Waals surface area contributed by atoms with Gasteiger partial charge in [0, 0.05) is 0 Å². The Morgan fingerprint density at radius 3 is 2.33 bits per heavy atom. The average molecular weight is 133 g/mol. The molecule has 0 bridgehead atoms. The average Bonchev–Trinajstić information content (AvgIpc) is 1.86. The summed E-state index contributed by atoms with van der Waals surface area (Å²) in [5, 5.41) is 8.43. The fourth-order valence-electron chi connectivity index (χ4n) is 0.285. The van der Waals surface area contributed by atoms with Crippen molar-refractivity contribution < 1.29 is 14.7 Å². The molecule has 54 valence electrons. The molecule has 9 heavy (non-hydrogen) atoms. The van der Waals surface area contributed by atoms with Gasteiger partial charge in [0.15, 0.2) is 5.60 Å². The van der Waals surface area contributed by atoms with Crippen LogP contribution in [0.2, 0.25) is 0 Å². The zero-order chi connectivity index (χ0) is 7.49. The van der Waals surface area contributed by atoms with E-state index in [0.717, 1.165) is 0 Å². The van der Waals surface area contributed by atoms with E-state index in [0.29, 0.717) is 6.42 Å². The largest absolute Gasteiger partial charge is 0.479 e. The van der Waals surface area contributed by atoms with E-state index < -0.39 is 11.6 Å². The summed E-state index contributed by atoms with van der Waals surface area (Å²) in [6, 6.07) is 0. The highest BCUT2D eigenvalue weighted by Crippen LogP contribution is 2.11. The van der Waals surface area contributed by atoms with Gasteiger partial charge >= 0.3 is 5.97 Å². The Hall–Kier alpha value is -0.610. The lowest BCUT2D eigenvalue weighted by Crippen LogP contribution is -2.39. The van der Waals surface area contributed by atoms with Crippen molar-refractivity contribution in [3.8, 4) is 0 Å². The number of carboxylic acid groups (broad SMARTS) is 1. The number of hydrogen-bond acceptors (Lipinski definition) is 3. The van der Waals surface area contributed by atoms with Crippen molar-refractivity contribution in [2.24, 2.45) is 5.90 Å².